The minimum Gasteiger partial charge on any atom is -0.395 e. The highest BCUT2D eigenvalue weighted by molar-refractivity contribution is 5.42. The van der Waals surface area contributed by atoms with Crippen LogP contribution in [0, 0.1) is 0 Å². The first-order valence-corrected chi connectivity index (χ1v) is 4.59. The van der Waals surface area contributed by atoms with Crippen molar-refractivity contribution in [1.82, 2.24) is 0 Å². The molecule has 0 spiro atoms. The molecule has 0 fully saturated rings. The number of anilines is 1. The molecule has 0 unspecified atom stereocenters. The number of aliphatic hydroxyl groups is 1. The van der Waals surface area contributed by atoms with Gasteiger partial charge in [0.05, 0.1) is 6.61 Å². The van der Waals surface area contributed by atoms with E-state index in [9.17, 15) is 0 Å². The molecule has 0 amide bonds. The Morgan fingerprint density at radius 2 is 2.00 bits per heavy atom. The van der Waals surface area contributed by atoms with E-state index in [0.29, 0.717) is 6.54 Å². The van der Waals surface area contributed by atoms with Crippen molar-refractivity contribution in [2.75, 3.05) is 25.1 Å². The number of hydrogen-bond donors (Lipinski definition) is 1. The molecule has 13 heavy (non-hydrogen) atoms. The molecule has 0 saturated carbocycles. The third-order valence-electron chi connectivity index (χ3n) is 2.11. The van der Waals surface area contributed by atoms with Gasteiger partial charge in [-0.25, -0.2) is 4.57 Å². The van der Waals surface area contributed by atoms with Crippen molar-refractivity contribution < 1.29 is 9.67 Å². The van der Waals surface area contributed by atoms with Gasteiger partial charge in [0.1, 0.15) is 6.54 Å². The zero-order valence-electron chi connectivity index (χ0n) is 8.27. The van der Waals surface area contributed by atoms with Gasteiger partial charge < -0.3 is 10.0 Å². The highest BCUT2D eigenvalue weighted by Crippen LogP contribution is 2.07. The smallest absolute Gasteiger partial charge is 0.170 e. The van der Waals surface area contributed by atoms with Crippen LogP contribution in [0.1, 0.15) is 6.92 Å². The van der Waals surface area contributed by atoms with Crippen LogP contribution >= 0.6 is 0 Å². The van der Waals surface area contributed by atoms with E-state index in [0.717, 1.165) is 12.2 Å². The Hall–Kier alpha value is -1.09. The summed E-state index contributed by atoms with van der Waals surface area (Å²) in [5, 5.41) is 8.75. The van der Waals surface area contributed by atoms with E-state index in [-0.39, 0.29) is 6.61 Å². The fraction of sp³-hybridized carbons (Fsp3) is 0.500. The first kappa shape index (κ1) is 9.99. The maximum atomic E-state index is 8.75. The van der Waals surface area contributed by atoms with Crippen LogP contribution < -0.4 is 9.47 Å². The molecule has 0 aliphatic carbocycles. The summed E-state index contributed by atoms with van der Waals surface area (Å²) in [4.78, 5) is 2.03. The average molecular weight is 181 g/mol. The van der Waals surface area contributed by atoms with Crippen molar-refractivity contribution in [1.29, 1.82) is 0 Å². The van der Waals surface area contributed by atoms with Gasteiger partial charge in [0, 0.05) is 31.4 Å². The van der Waals surface area contributed by atoms with E-state index in [1.54, 1.807) is 0 Å². The minimum atomic E-state index is 0.194. The topological polar surface area (TPSA) is 27.4 Å². The monoisotopic (exact) mass is 181 g/mol. The van der Waals surface area contributed by atoms with Crippen LogP contribution in [0.15, 0.2) is 24.5 Å². The zero-order chi connectivity index (χ0) is 9.68. The number of nitrogens with zero attached hydrogens (tertiary/aromatic N) is 2. The van der Waals surface area contributed by atoms with Gasteiger partial charge in [-0.3, -0.25) is 0 Å². The second-order valence-electron chi connectivity index (χ2n) is 3.03. The number of aromatic nitrogens is 1. The lowest BCUT2D eigenvalue weighted by molar-refractivity contribution is -0.693. The number of pyridine rings is 1. The Morgan fingerprint density at radius 3 is 2.46 bits per heavy atom. The maximum Gasteiger partial charge on any atom is 0.170 e. The molecule has 0 aliphatic rings. The van der Waals surface area contributed by atoms with Gasteiger partial charge in [-0.05, 0) is 6.92 Å². The average Bonchev–Trinajstić information content (AvgIpc) is 2.18. The quantitative estimate of drug-likeness (QED) is 0.682. The molecular formula is C10H17N2O+. The molecule has 3 heteroatoms. The van der Waals surface area contributed by atoms with Crippen molar-refractivity contribution in [3.8, 4) is 0 Å². The van der Waals surface area contributed by atoms with Crippen LogP contribution in [0.25, 0.3) is 0 Å². The molecule has 0 radical (unpaired) electrons. The molecule has 1 aromatic heterocycles. The number of hydrogen-bond acceptors (Lipinski definition) is 2. The van der Waals surface area contributed by atoms with E-state index in [1.807, 2.05) is 24.3 Å². The summed E-state index contributed by atoms with van der Waals surface area (Å²) in [6.07, 6.45) is 4.09. The summed E-state index contributed by atoms with van der Waals surface area (Å²) in [6.45, 7) is 3.97. The van der Waals surface area contributed by atoms with Crippen LogP contribution in [0.2, 0.25) is 0 Å². The molecule has 0 aromatic carbocycles. The van der Waals surface area contributed by atoms with Gasteiger partial charge in [0.2, 0.25) is 0 Å². The van der Waals surface area contributed by atoms with Crippen LogP contribution in [-0.2, 0) is 6.54 Å². The lowest BCUT2D eigenvalue weighted by Gasteiger charge is -2.16. The summed E-state index contributed by atoms with van der Waals surface area (Å²) < 4.78 is 2.11. The molecule has 0 bridgehead atoms. The van der Waals surface area contributed by atoms with E-state index >= 15 is 0 Å². The molecule has 1 aromatic rings. The molecule has 1 rings (SSSR count). The highest BCUT2D eigenvalue weighted by atomic mass is 16.3. The van der Waals surface area contributed by atoms with Crippen LogP contribution in [-0.4, -0.2) is 25.3 Å². The van der Waals surface area contributed by atoms with Gasteiger partial charge in [-0.1, -0.05) is 0 Å². The number of aryl methyl sites for hydroxylation is 1. The van der Waals surface area contributed by atoms with E-state index in [4.69, 9.17) is 5.11 Å². The largest absolute Gasteiger partial charge is 0.395 e. The molecule has 72 valence electrons. The van der Waals surface area contributed by atoms with Crippen molar-refractivity contribution in [3.05, 3.63) is 24.5 Å². The third kappa shape index (κ3) is 2.70. The first-order chi connectivity index (χ1) is 6.27. The van der Waals surface area contributed by atoms with Crippen LogP contribution in [0.4, 0.5) is 5.69 Å². The van der Waals surface area contributed by atoms with Gasteiger partial charge in [0.15, 0.2) is 12.4 Å². The van der Waals surface area contributed by atoms with Crippen molar-refractivity contribution in [2.24, 2.45) is 0 Å². The van der Waals surface area contributed by atoms with Crippen molar-refractivity contribution in [3.63, 3.8) is 0 Å². The molecule has 0 aliphatic heterocycles. The predicted molar refractivity (Wildman–Crippen MR) is 52.7 cm³/mol. The Morgan fingerprint density at radius 1 is 1.38 bits per heavy atom. The lowest BCUT2D eigenvalue weighted by atomic mass is 10.3. The number of rotatable bonds is 4. The first-order valence-electron chi connectivity index (χ1n) is 4.59. The van der Waals surface area contributed by atoms with Crippen LogP contribution in [0.3, 0.4) is 0 Å². The fourth-order valence-electron chi connectivity index (χ4n) is 1.19. The van der Waals surface area contributed by atoms with E-state index in [2.05, 4.69) is 23.6 Å². The van der Waals surface area contributed by atoms with Crippen molar-refractivity contribution >= 4 is 5.69 Å². The van der Waals surface area contributed by atoms with Gasteiger partial charge in [-0.15, -0.1) is 0 Å². The summed E-state index contributed by atoms with van der Waals surface area (Å²) in [7, 11) is 1.97. The van der Waals surface area contributed by atoms with E-state index < -0.39 is 0 Å². The summed E-state index contributed by atoms with van der Waals surface area (Å²) in [5.74, 6) is 0. The Balaban J connectivity index is 2.67. The molecule has 0 atom stereocenters. The third-order valence-corrected chi connectivity index (χ3v) is 2.11. The predicted octanol–water partition coefficient (Wildman–Crippen LogP) is 0.422. The second kappa shape index (κ2) is 4.82. The molecule has 0 saturated heterocycles. The van der Waals surface area contributed by atoms with Crippen molar-refractivity contribution in [2.45, 2.75) is 13.5 Å². The minimum absolute atomic E-state index is 0.194. The zero-order valence-corrected chi connectivity index (χ0v) is 8.27. The number of likely N-dealkylation sites (N-methyl/N-ethyl adjacent to an activating group) is 1. The Labute approximate surface area is 79.2 Å². The maximum absolute atomic E-state index is 8.75. The molecule has 3 nitrogen and oxygen atoms in total. The number of aliphatic hydroxyl groups excluding tert-OH is 1. The fourth-order valence-corrected chi connectivity index (χ4v) is 1.19. The molecule has 1 N–H and O–H groups in total. The lowest BCUT2D eigenvalue weighted by Crippen LogP contribution is -2.31. The normalized spacial score (nSPS) is 10.1. The van der Waals surface area contributed by atoms with Gasteiger partial charge in [-0.2, -0.15) is 0 Å². The van der Waals surface area contributed by atoms with Gasteiger partial charge in [0.25, 0.3) is 0 Å². The van der Waals surface area contributed by atoms with Crippen LogP contribution in [0.5, 0.6) is 0 Å². The summed E-state index contributed by atoms with van der Waals surface area (Å²) in [6, 6.07) is 4.11. The second-order valence-corrected chi connectivity index (χ2v) is 3.03. The molecular weight excluding hydrogens is 164 g/mol. The Kier molecular flexibility index (Phi) is 3.71. The Bertz CT molecular complexity index is 246. The standard InChI is InChI=1S/C10H17N2O/c1-3-12-6-4-10(5-7-12)11(2)8-9-13/h4-7,13H,3,8-9H2,1-2H3/q+1. The summed E-state index contributed by atoms with van der Waals surface area (Å²) in [5.41, 5.74) is 1.14. The SMILES string of the molecule is CC[n+]1ccc(N(C)CCO)cc1. The highest BCUT2D eigenvalue weighted by Gasteiger charge is 2.01. The van der Waals surface area contributed by atoms with E-state index in [1.165, 1.54) is 0 Å². The summed E-state index contributed by atoms with van der Waals surface area (Å²) >= 11 is 0. The van der Waals surface area contributed by atoms with Gasteiger partial charge >= 0.3 is 0 Å². The molecule has 1 heterocycles.